The minimum Gasteiger partial charge on any atom is -0.508 e. The van der Waals surface area contributed by atoms with Crippen LogP contribution in [0.2, 0.25) is 0 Å². The second-order valence-electron chi connectivity index (χ2n) is 4.62. The number of aromatic hydroxyl groups is 1. The van der Waals surface area contributed by atoms with E-state index in [0.29, 0.717) is 11.3 Å². The largest absolute Gasteiger partial charge is 0.508 e. The van der Waals surface area contributed by atoms with E-state index < -0.39 is 11.7 Å². The molecule has 2 nitrogen and oxygen atoms in total. The number of rotatable bonds is 3. The number of phenolic OH excluding ortho intramolecular Hbond substituents is 1. The molecular weight excluding hydrogens is 347 g/mol. The summed E-state index contributed by atoms with van der Waals surface area (Å²) in [5.74, 6) is 0.102. The number of phenols is 1. The van der Waals surface area contributed by atoms with Gasteiger partial charge >= 0.3 is 6.18 Å². The molecule has 0 radical (unpaired) electrons. The second-order valence-corrected chi connectivity index (χ2v) is 5.47. The van der Waals surface area contributed by atoms with E-state index in [2.05, 4.69) is 21.2 Å². The Morgan fingerprint density at radius 2 is 1.81 bits per heavy atom. The Kier molecular flexibility index (Phi) is 4.46. The summed E-state index contributed by atoms with van der Waals surface area (Å²) in [5.41, 5.74) is 0.215. The molecule has 1 unspecified atom stereocenters. The number of benzene rings is 2. The van der Waals surface area contributed by atoms with Crippen LogP contribution in [0.4, 0.5) is 18.9 Å². The van der Waals surface area contributed by atoms with Crippen molar-refractivity contribution >= 4 is 21.6 Å². The van der Waals surface area contributed by atoms with Gasteiger partial charge in [-0.3, -0.25) is 0 Å². The van der Waals surface area contributed by atoms with E-state index in [0.717, 1.165) is 6.07 Å². The zero-order chi connectivity index (χ0) is 15.6. The summed E-state index contributed by atoms with van der Waals surface area (Å²) in [4.78, 5) is 0. The quantitative estimate of drug-likeness (QED) is 0.774. The number of halogens is 4. The molecule has 2 aromatic rings. The zero-order valence-electron chi connectivity index (χ0n) is 11.1. The van der Waals surface area contributed by atoms with Crippen molar-refractivity contribution in [1.82, 2.24) is 0 Å². The smallest absolute Gasteiger partial charge is 0.417 e. The van der Waals surface area contributed by atoms with Gasteiger partial charge in [0.2, 0.25) is 0 Å². The average molecular weight is 360 g/mol. The molecule has 0 spiro atoms. The number of anilines is 1. The van der Waals surface area contributed by atoms with Crippen molar-refractivity contribution in [3.8, 4) is 5.75 Å². The highest BCUT2D eigenvalue weighted by Crippen LogP contribution is 2.37. The summed E-state index contributed by atoms with van der Waals surface area (Å²) < 4.78 is 38.6. The van der Waals surface area contributed by atoms with E-state index in [-0.39, 0.29) is 16.3 Å². The molecule has 0 bridgehead atoms. The van der Waals surface area contributed by atoms with Gasteiger partial charge in [-0.1, -0.05) is 34.1 Å². The van der Waals surface area contributed by atoms with Crippen LogP contribution in [-0.4, -0.2) is 5.11 Å². The fraction of sp³-hybridized carbons (Fsp3) is 0.200. The first kappa shape index (κ1) is 15.7. The summed E-state index contributed by atoms with van der Waals surface area (Å²) in [6.07, 6.45) is -4.42. The van der Waals surface area contributed by atoms with Crippen LogP contribution in [0.3, 0.4) is 0 Å². The lowest BCUT2D eigenvalue weighted by molar-refractivity contribution is -0.138. The number of hydrogen-bond donors (Lipinski definition) is 2. The predicted octanol–water partition coefficient (Wildman–Crippen LogP) is 5.35. The van der Waals surface area contributed by atoms with Gasteiger partial charge in [-0.15, -0.1) is 0 Å². The van der Waals surface area contributed by atoms with Crippen LogP contribution >= 0.6 is 15.9 Å². The van der Waals surface area contributed by atoms with Crippen molar-refractivity contribution < 1.29 is 18.3 Å². The Bertz CT molecular complexity index is 643. The van der Waals surface area contributed by atoms with Crippen LogP contribution in [0.15, 0.2) is 46.9 Å². The second kappa shape index (κ2) is 5.97. The Morgan fingerprint density at radius 1 is 1.14 bits per heavy atom. The molecule has 0 amide bonds. The van der Waals surface area contributed by atoms with Gasteiger partial charge in [0, 0.05) is 15.7 Å². The van der Waals surface area contributed by atoms with Gasteiger partial charge in [-0.05, 0) is 31.2 Å². The number of alkyl halides is 3. The van der Waals surface area contributed by atoms with Gasteiger partial charge in [0.15, 0.2) is 0 Å². The zero-order valence-corrected chi connectivity index (χ0v) is 12.7. The summed E-state index contributed by atoms with van der Waals surface area (Å²) >= 11 is 2.90. The molecule has 0 aliphatic carbocycles. The van der Waals surface area contributed by atoms with Crippen molar-refractivity contribution in [1.29, 1.82) is 0 Å². The average Bonchev–Trinajstić information content (AvgIpc) is 2.40. The third-order valence-electron chi connectivity index (χ3n) is 3.06. The van der Waals surface area contributed by atoms with Gasteiger partial charge in [-0.2, -0.15) is 13.2 Å². The first-order chi connectivity index (χ1) is 9.79. The summed E-state index contributed by atoms with van der Waals surface area (Å²) in [6, 6.07) is 10.3. The van der Waals surface area contributed by atoms with E-state index in [9.17, 15) is 18.3 Å². The van der Waals surface area contributed by atoms with E-state index >= 15 is 0 Å². The maximum absolute atomic E-state index is 12.9. The van der Waals surface area contributed by atoms with E-state index in [1.807, 2.05) is 0 Å². The van der Waals surface area contributed by atoms with Crippen LogP contribution in [0.25, 0.3) is 0 Å². The van der Waals surface area contributed by atoms with Crippen LogP contribution < -0.4 is 5.32 Å². The standard InChI is InChI=1S/C15H13BrF3NO/c1-9(11-4-2-3-5-14(11)21)20-10-6-7-13(16)12(8-10)15(17,18)19/h2-9,20-21H,1H3. The SMILES string of the molecule is CC(Nc1ccc(Br)c(C(F)(F)F)c1)c1ccccc1O. The molecule has 6 heteroatoms. The van der Waals surface area contributed by atoms with Gasteiger partial charge in [0.1, 0.15) is 5.75 Å². The Labute approximate surface area is 128 Å². The van der Waals surface area contributed by atoms with Crippen molar-refractivity contribution in [2.45, 2.75) is 19.1 Å². The fourth-order valence-corrected chi connectivity index (χ4v) is 2.49. The number of para-hydroxylation sites is 1. The molecule has 2 rings (SSSR count). The molecule has 21 heavy (non-hydrogen) atoms. The van der Waals surface area contributed by atoms with Crippen LogP contribution in [0.1, 0.15) is 24.1 Å². The maximum Gasteiger partial charge on any atom is 0.417 e. The van der Waals surface area contributed by atoms with Gasteiger partial charge in [-0.25, -0.2) is 0 Å². The lowest BCUT2D eigenvalue weighted by Crippen LogP contribution is -2.10. The normalized spacial score (nSPS) is 13.0. The highest BCUT2D eigenvalue weighted by atomic mass is 79.9. The van der Waals surface area contributed by atoms with Crippen molar-refractivity contribution in [2.75, 3.05) is 5.32 Å². The first-order valence-corrected chi connectivity index (χ1v) is 6.99. The molecule has 112 valence electrons. The Morgan fingerprint density at radius 3 is 2.43 bits per heavy atom. The fourth-order valence-electron chi connectivity index (χ4n) is 2.01. The number of nitrogens with one attached hydrogen (secondary N) is 1. The molecule has 2 N–H and O–H groups in total. The van der Waals surface area contributed by atoms with Gasteiger partial charge < -0.3 is 10.4 Å². The topological polar surface area (TPSA) is 32.3 Å². The van der Waals surface area contributed by atoms with Gasteiger partial charge in [0.25, 0.3) is 0 Å². The minimum absolute atomic E-state index is 0.00392. The van der Waals surface area contributed by atoms with Crippen molar-refractivity contribution in [3.63, 3.8) is 0 Å². The minimum atomic E-state index is -4.42. The molecule has 0 fully saturated rings. The highest BCUT2D eigenvalue weighted by molar-refractivity contribution is 9.10. The lowest BCUT2D eigenvalue weighted by atomic mass is 10.1. The predicted molar refractivity (Wildman–Crippen MR) is 79.3 cm³/mol. The third-order valence-corrected chi connectivity index (χ3v) is 3.75. The molecule has 0 aliphatic rings. The van der Waals surface area contributed by atoms with E-state index in [1.165, 1.54) is 12.1 Å². The first-order valence-electron chi connectivity index (χ1n) is 6.20. The molecule has 0 saturated carbocycles. The third kappa shape index (κ3) is 3.69. The van der Waals surface area contributed by atoms with Crippen molar-refractivity contribution in [2.24, 2.45) is 0 Å². The maximum atomic E-state index is 12.9. The monoisotopic (exact) mass is 359 g/mol. The van der Waals surface area contributed by atoms with E-state index in [1.54, 1.807) is 31.2 Å². The summed E-state index contributed by atoms with van der Waals surface area (Å²) in [5, 5.41) is 12.7. The lowest BCUT2D eigenvalue weighted by Gasteiger charge is -2.18. The van der Waals surface area contributed by atoms with Crippen LogP contribution in [0.5, 0.6) is 5.75 Å². The molecule has 1 atom stereocenters. The van der Waals surface area contributed by atoms with Crippen molar-refractivity contribution in [3.05, 3.63) is 58.1 Å². The summed E-state index contributed by atoms with van der Waals surface area (Å²) in [7, 11) is 0. The van der Waals surface area contributed by atoms with Crippen LogP contribution in [-0.2, 0) is 6.18 Å². The van der Waals surface area contributed by atoms with E-state index in [4.69, 9.17) is 0 Å². The Hall–Kier alpha value is -1.69. The Balaban J connectivity index is 2.26. The summed E-state index contributed by atoms with van der Waals surface area (Å²) in [6.45, 7) is 1.77. The molecular formula is C15H13BrF3NO. The highest BCUT2D eigenvalue weighted by Gasteiger charge is 2.33. The molecule has 0 aromatic heterocycles. The number of hydrogen-bond acceptors (Lipinski definition) is 2. The molecule has 2 aromatic carbocycles. The molecule has 0 saturated heterocycles. The molecule has 0 heterocycles. The molecule has 0 aliphatic heterocycles. The van der Waals surface area contributed by atoms with Crippen LogP contribution in [0, 0.1) is 0 Å². The van der Waals surface area contributed by atoms with Gasteiger partial charge in [0.05, 0.1) is 11.6 Å².